The van der Waals surface area contributed by atoms with Crippen molar-refractivity contribution in [2.45, 2.75) is 0 Å². The second-order valence-electron chi connectivity index (χ2n) is 3.85. The molecular weight excluding hydrogens is 216 g/mol. The maximum atomic E-state index is 10.9. The lowest BCUT2D eigenvalue weighted by atomic mass is 10.1. The van der Waals surface area contributed by atoms with E-state index in [1.807, 2.05) is 0 Å². The van der Waals surface area contributed by atoms with Gasteiger partial charge in [0, 0.05) is 19.3 Å². The molecule has 0 fully saturated rings. The van der Waals surface area contributed by atoms with E-state index in [0.29, 0.717) is 17.1 Å². The van der Waals surface area contributed by atoms with E-state index in [0.717, 1.165) is 0 Å². The number of nitrogens with zero attached hydrogens (tertiary/aromatic N) is 2. The first-order valence-corrected chi connectivity index (χ1v) is 4.75. The van der Waals surface area contributed by atoms with Crippen LogP contribution in [-0.2, 0) is 9.59 Å². The van der Waals surface area contributed by atoms with Crippen molar-refractivity contribution in [1.29, 1.82) is 0 Å². The Morgan fingerprint density at radius 2 is 2.20 bits per heavy atom. The number of carbonyl (C=O) groups excluding carboxylic acids is 1. The van der Waals surface area contributed by atoms with Gasteiger partial charge >= 0.3 is 5.97 Å². The van der Waals surface area contributed by atoms with Crippen molar-refractivity contribution < 1.29 is 19.2 Å². The SMILES string of the molecule is CN1C=C([C@@H](C=O)C(=O)O)[N+](C)(C)C1=S. The van der Waals surface area contributed by atoms with E-state index in [1.54, 1.807) is 32.2 Å². The van der Waals surface area contributed by atoms with Gasteiger partial charge < -0.3 is 9.90 Å². The van der Waals surface area contributed by atoms with E-state index >= 15 is 0 Å². The highest BCUT2D eigenvalue weighted by Crippen LogP contribution is 2.28. The van der Waals surface area contributed by atoms with Gasteiger partial charge in [-0.15, -0.1) is 0 Å². The maximum absolute atomic E-state index is 10.9. The fourth-order valence-corrected chi connectivity index (χ4v) is 1.74. The quantitative estimate of drug-likeness (QED) is 0.320. The number of aldehydes is 1. The van der Waals surface area contributed by atoms with Crippen molar-refractivity contribution in [3.8, 4) is 0 Å². The number of carbonyl (C=O) groups is 2. The molecular formula is C9H13N2O3S+. The number of hydrogen-bond acceptors (Lipinski definition) is 3. The van der Waals surface area contributed by atoms with Gasteiger partial charge in [0.2, 0.25) is 0 Å². The molecule has 1 aliphatic heterocycles. The van der Waals surface area contributed by atoms with Crippen LogP contribution in [0.25, 0.3) is 0 Å². The van der Waals surface area contributed by atoms with E-state index in [-0.39, 0.29) is 4.48 Å². The number of rotatable bonds is 3. The highest BCUT2D eigenvalue weighted by molar-refractivity contribution is 7.79. The van der Waals surface area contributed by atoms with Gasteiger partial charge in [-0.05, 0) is 0 Å². The zero-order valence-corrected chi connectivity index (χ0v) is 9.61. The summed E-state index contributed by atoms with van der Waals surface area (Å²) in [6.07, 6.45) is 2.03. The minimum absolute atomic E-state index is 0.140. The van der Waals surface area contributed by atoms with E-state index in [2.05, 4.69) is 0 Å². The van der Waals surface area contributed by atoms with Crippen LogP contribution in [0.2, 0.25) is 0 Å². The molecule has 1 atom stereocenters. The molecule has 0 aromatic rings. The van der Waals surface area contributed by atoms with E-state index < -0.39 is 11.9 Å². The molecule has 6 heteroatoms. The summed E-state index contributed by atoms with van der Waals surface area (Å²) in [5.41, 5.74) is 0.477. The van der Waals surface area contributed by atoms with Gasteiger partial charge in [-0.2, -0.15) is 0 Å². The lowest BCUT2D eigenvalue weighted by molar-refractivity contribution is -0.757. The molecule has 0 bridgehead atoms. The molecule has 1 heterocycles. The zero-order chi connectivity index (χ0) is 11.8. The van der Waals surface area contributed by atoms with Crippen molar-refractivity contribution in [2.24, 2.45) is 5.92 Å². The van der Waals surface area contributed by atoms with Crippen LogP contribution < -0.4 is 0 Å². The number of quaternary nitrogens is 1. The lowest BCUT2D eigenvalue weighted by Crippen LogP contribution is -2.46. The summed E-state index contributed by atoms with van der Waals surface area (Å²) in [6.45, 7) is 0. The van der Waals surface area contributed by atoms with Crippen LogP contribution in [0.15, 0.2) is 11.9 Å². The van der Waals surface area contributed by atoms with Gasteiger partial charge in [-0.25, -0.2) is 4.48 Å². The van der Waals surface area contributed by atoms with Gasteiger partial charge in [0.25, 0.3) is 5.11 Å². The fourth-order valence-electron chi connectivity index (χ4n) is 1.59. The molecule has 5 nitrogen and oxygen atoms in total. The molecule has 0 unspecified atom stereocenters. The van der Waals surface area contributed by atoms with Crippen LogP contribution in [0.4, 0.5) is 0 Å². The normalized spacial score (nSPS) is 21.1. The third-order valence-electron chi connectivity index (χ3n) is 2.47. The number of hydrogen-bond donors (Lipinski definition) is 1. The zero-order valence-electron chi connectivity index (χ0n) is 8.80. The summed E-state index contributed by atoms with van der Waals surface area (Å²) >= 11 is 5.15. The average molecular weight is 229 g/mol. The fraction of sp³-hybridized carbons (Fsp3) is 0.444. The molecule has 82 valence electrons. The van der Waals surface area contributed by atoms with Gasteiger partial charge in [-0.1, -0.05) is 0 Å². The van der Waals surface area contributed by atoms with E-state index in [4.69, 9.17) is 17.3 Å². The highest BCUT2D eigenvalue weighted by atomic mass is 32.1. The molecule has 0 radical (unpaired) electrons. The molecule has 0 aliphatic carbocycles. The van der Waals surface area contributed by atoms with Crippen LogP contribution in [0.3, 0.4) is 0 Å². The second-order valence-corrected chi connectivity index (χ2v) is 4.22. The molecule has 0 spiro atoms. The first kappa shape index (κ1) is 11.8. The Kier molecular flexibility index (Phi) is 2.92. The van der Waals surface area contributed by atoms with Gasteiger partial charge in [0.05, 0.1) is 20.3 Å². The molecule has 1 aliphatic rings. The van der Waals surface area contributed by atoms with Crippen molar-refractivity contribution in [3.05, 3.63) is 11.9 Å². The highest BCUT2D eigenvalue weighted by Gasteiger charge is 2.44. The monoisotopic (exact) mass is 229 g/mol. The van der Waals surface area contributed by atoms with Crippen molar-refractivity contribution in [2.75, 3.05) is 21.1 Å². The molecule has 0 saturated carbocycles. The standard InChI is InChI=1S/C9H12N2O3S/c1-10-4-7(6(5-12)8(13)14)11(2,3)9(10)15/h4-6H,1-3H3/p+1/t6-/m1/s1. The summed E-state index contributed by atoms with van der Waals surface area (Å²) < 4.78 is 0.140. The van der Waals surface area contributed by atoms with Crippen LogP contribution in [0.1, 0.15) is 0 Å². The van der Waals surface area contributed by atoms with Gasteiger partial charge in [-0.3, -0.25) is 9.69 Å². The largest absolute Gasteiger partial charge is 0.480 e. The van der Waals surface area contributed by atoms with Crippen molar-refractivity contribution >= 4 is 29.6 Å². The Bertz CT molecular complexity index is 362. The molecule has 1 rings (SSSR count). The number of aliphatic carboxylic acids is 1. The summed E-state index contributed by atoms with van der Waals surface area (Å²) in [7, 11) is 5.26. The topological polar surface area (TPSA) is 57.6 Å². The molecule has 0 aromatic carbocycles. The summed E-state index contributed by atoms with van der Waals surface area (Å²) in [5, 5.41) is 9.46. The molecule has 0 aromatic heterocycles. The Morgan fingerprint density at radius 1 is 1.67 bits per heavy atom. The van der Waals surface area contributed by atoms with Crippen molar-refractivity contribution in [3.63, 3.8) is 0 Å². The van der Waals surface area contributed by atoms with Gasteiger partial charge in [0.1, 0.15) is 6.29 Å². The third-order valence-corrected chi connectivity index (χ3v) is 3.22. The Morgan fingerprint density at radius 3 is 2.47 bits per heavy atom. The lowest BCUT2D eigenvalue weighted by Gasteiger charge is -2.27. The summed E-state index contributed by atoms with van der Waals surface area (Å²) in [5.74, 6) is -2.29. The predicted octanol–water partition coefficient (Wildman–Crippen LogP) is 0.0342. The summed E-state index contributed by atoms with van der Waals surface area (Å²) in [6, 6.07) is 0. The average Bonchev–Trinajstić information content (AvgIpc) is 2.31. The van der Waals surface area contributed by atoms with Crippen LogP contribution >= 0.6 is 12.2 Å². The van der Waals surface area contributed by atoms with E-state index in [9.17, 15) is 9.59 Å². The minimum atomic E-state index is -1.15. The Hall–Kier alpha value is -1.27. The minimum Gasteiger partial charge on any atom is -0.480 e. The first-order valence-electron chi connectivity index (χ1n) is 4.34. The molecule has 15 heavy (non-hydrogen) atoms. The van der Waals surface area contributed by atoms with Crippen molar-refractivity contribution in [1.82, 2.24) is 4.90 Å². The number of carboxylic acid groups (broad SMARTS) is 1. The second kappa shape index (κ2) is 3.71. The van der Waals surface area contributed by atoms with Crippen LogP contribution in [0.5, 0.6) is 0 Å². The smallest absolute Gasteiger partial charge is 0.323 e. The Labute approximate surface area is 93.2 Å². The molecule has 0 amide bonds. The number of carboxylic acids is 1. The maximum Gasteiger partial charge on any atom is 0.323 e. The van der Waals surface area contributed by atoms with E-state index in [1.165, 1.54) is 0 Å². The Balaban J connectivity index is 3.15. The van der Waals surface area contributed by atoms with Crippen LogP contribution in [-0.4, -0.2) is 53.0 Å². The summed E-state index contributed by atoms with van der Waals surface area (Å²) in [4.78, 5) is 23.3. The van der Waals surface area contributed by atoms with Crippen LogP contribution in [0, 0.1) is 5.92 Å². The third kappa shape index (κ3) is 1.78. The van der Waals surface area contributed by atoms with Gasteiger partial charge in [0.15, 0.2) is 11.6 Å². The first-order chi connectivity index (χ1) is 6.82. The molecule has 1 N–H and O–H groups in total. The molecule has 0 saturated heterocycles. The predicted molar refractivity (Wildman–Crippen MR) is 57.7 cm³/mol. The number of thiocarbonyl (C=S) groups is 1.